The maximum atomic E-state index is 5.74. The Balaban J connectivity index is 1.48. The van der Waals surface area contributed by atoms with E-state index in [1.54, 1.807) is 4.68 Å². The van der Waals surface area contributed by atoms with E-state index in [1.165, 1.54) is 6.33 Å². The van der Waals surface area contributed by atoms with E-state index in [1.807, 2.05) is 55.5 Å². The van der Waals surface area contributed by atoms with Gasteiger partial charge in [0.15, 0.2) is 6.61 Å². The van der Waals surface area contributed by atoms with Crippen molar-refractivity contribution < 1.29 is 9.26 Å². The molecule has 0 radical (unpaired) electrons. The van der Waals surface area contributed by atoms with Gasteiger partial charge in [-0.15, -0.1) is 5.10 Å². The number of tetrazole rings is 1. The van der Waals surface area contributed by atoms with Gasteiger partial charge in [-0.1, -0.05) is 29.4 Å². The normalized spacial score (nSPS) is 10.8. The first-order valence-corrected chi connectivity index (χ1v) is 7.64. The van der Waals surface area contributed by atoms with Gasteiger partial charge in [-0.2, -0.15) is 4.98 Å². The van der Waals surface area contributed by atoms with Crippen LogP contribution in [0.2, 0.25) is 0 Å². The van der Waals surface area contributed by atoms with E-state index >= 15 is 0 Å². The summed E-state index contributed by atoms with van der Waals surface area (Å²) in [5, 5.41) is 15.1. The molecule has 0 saturated carbocycles. The number of nitrogens with zero attached hydrogens (tertiary/aromatic N) is 6. The van der Waals surface area contributed by atoms with Crippen LogP contribution < -0.4 is 4.74 Å². The first-order chi connectivity index (χ1) is 12.3. The largest absolute Gasteiger partial charge is 0.485 e. The summed E-state index contributed by atoms with van der Waals surface area (Å²) in [6, 6.07) is 15.3. The van der Waals surface area contributed by atoms with Crippen molar-refractivity contribution >= 4 is 0 Å². The minimum absolute atomic E-state index is 0.203. The fourth-order valence-corrected chi connectivity index (χ4v) is 2.38. The first kappa shape index (κ1) is 15.0. The number of benzene rings is 2. The van der Waals surface area contributed by atoms with Crippen LogP contribution in [0, 0.1) is 6.92 Å². The lowest BCUT2D eigenvalue weighted by Gasteiger charge is -2.05. The second-order valence-corrected chi connectivity index (χ2v) is 5.37. The van der Waals surface area contributed by atoms with E-state index in [4.69, 9.17) is 9.26 Å². The van der Waals surface area contributed by atoms with E-state index in [-0.39, 0.29) is 6.61 Å². The van der Waals surface area contributed by atoms with Crippen LogP contribution in [0.3, 0.4) is 0 Å². The molecule has 0 N–H and O–H groups in total. The highest BCUT2D eigenvalue weighted by Gasteiger charge is 2.11. The number of hydrogen-bond donors (Lipinski definition) is 0. The van der Waals surface area contributed by atoms with Gasteiger partial charge in [-0.25, -0.2) is 4.68 Å². The summed E-state index contributed by atoms with van der Waals surface area (Å²) in [5.74, 6) is 1.63. The summed E-state index contributed by atoms with van der Waals surface area (Å²) in [6.07, 6.45) is 1.52. The molecule has 8 heteroatoms. The van der Waals surface area contributed by atoms with Gasteiger partial charge in [0.2, 0.25) is 5.82 Å². The van der Waals surface area contributed by atoms with Gasteiger partial charge in [-0.3, -0.25) is 0 Å². The van der Waals surface area contributed by atoms with Crippen LogP contribution in [0.1, 0.15) is 11.4 Å². The van der Waals surface area contributed by atoms with Crippen LogP contribution in [-0.2, 0) is 6.61 Å². The lowest BCUT2D eigenvalue weighted by molar-refractivity contribution is 0.287. The Morgan fingerprint density at radius 3 is 2.88 bits per heavy atom. The monoisotopic (exact) mass is 334 g/mol. The molecule has 0 unspecified atom stereocenters. The van der Waals surface area contributed by atoms with Gasteiger partial charge in [0, 0.05) is 11.6 Å². The molecule has 2 aromatic heterocycles. The van der Waals surface area contributed by atoms with Crippen molar-refractivity contribution in [1.29, 1.82) is 0 Å². The number of aryl methyl sites for hydroxylation is 1. The molecular formula is C17H14N6O2. The molecule has 0 aliphatic carbocycles. The molecule has 0 spiro atoms. The smallest absolute Gasteiger partial charge is 0.258 e. The SMILES string of the molecule is Cc1ccccc1-c1nc(COc2cccc(-n3cnnn3)c2)no1. The number of ether oxygens (including phenoxy) is 1. The summed E-state index contributed by atoms with van der Waals surface area (Å²) in [5.41, 5.74) is 2.80. The molecule has 25 heavy (non-hydrogen) atoms. The molecule has 0 atom stereocenters. The summed E-state index contributed by atoms with van der Waals surface area (Å²) >= 11 is 0. The van der Waals surface area contributed by atoms with E-state index in [0.717, 1.165) is 16.8 Å². The van der Waals surface area contributed by atoms with Crippen molar-refractivity contribution in [2.45, 2.75) is 13.5 Å². The Morgan fingerprint density at radius 2 is 2.04 bits per heavy atom. The van der Waals surface area contributed by atoms with Crippen molar-refractivity contribution in [2.24, 2.45) is 0 Å². The van der Waals surface area contributed by atoms with Crippen LogP contribution in [-0.4, -0.2) is 30.3 Å². The van der Waals surface area contributed by atoms with Crippen LogP contribution in [0.15, 0.2) is 59.4 Å². The van der Waals surface area contributed by atoms with Crippen molar-refractivity contribution in [3.63, 3.8) is 0 Å². The molecule has 0 aliphatic heterocycles. The molecular weight excluding hydrogens is 320 g/mol. The lowest BCUT2D eigenvalue weighted by Crippen LogP contribution is -1.99. The summed E-state index contributed by atoms with van der Waals surface area (Å²) in [6.45, 7) is 2.20. The standard InChI is InChI=1S/C17H14N6O2/c1-12-5-2-3-8-15(12)17-19-16(20-25-17)10-24-14-7-4-6-13(9-14)23-11-18-21-22-23/h2-9,11H,10H2,1H3. The minimum atomic E-state index is 0.203. The Kier molecular flexibility index (Phi) is 3.91. The predicted octanol–water partition coefficient (Wildman–Crippen LogP) is 2.60. The van der Waals surface area contributed by atoms with Crippen LogP contribution >= 0.6 is 0 Å². The Bertz CT molecular complexity index is 980. The molecule has 0 amide bonds. The highest BCUT2D eigenvalue weighted by atomic mass is 16.5. The van der Waals surface area contributed by atoms with Gasteiger partial charge in [-0.05, 0) is 41.1 Å². The molecule has 8 nitrogen and oxygen atoms in total. The van der Waals surface area contributed by atoms with Crippen molar-refractivity contribution in [2.75, 3.05) is 0 Å². The van der Waals surface area contributed by atoms with E-state index < -0.39 is 0 Å². The summed E-state index contributed by atoms with van der Waals surface area (Å²) < 4.78 is 12.6. The van der Waals surface area contributed by atoms with E-state index in [0.29, 0.717) is 17.5 Å². The van der Waals surface area contributed by atoms with Gasteiger partial charge in [0.05, 0.1) is 5.69 Å². The van der Waals surface area contributed by atoms with Gasteiger partial charge in [0.25, 0.3) is 5.89 Å². The minimum Gasteiger partial charge on any atom is -0.485 e. The fraction of sp³-hybridized carbons (Fsp3) is 0.118. The van der Waals surface area contributed by atoms with Crippen molar-refractivity contribution in [3.8, 4) is 22.9 Å². The molecule has 124 valence electrons. The van der Waals surface area contributed by atoms with Crippen LogP contribution in [0.25, 0.3) is 17.1 Å². The topological polar surface area (TPSA) is 91.8 Å². The molecule has 4 aromatic rings. The average Bonchev–Trinajstić information content (AvgIpc) is 3.33. The maximum Gasteiger partial charge on any atom is 0.258 e. The number of rotatable bonds is 5. The third kappa shape index (κ3) is 3.23. The third-order valence-corrected chi connectivity index (χ3v) is 3.64. The number of aromatic nitrogens is 6. The summed E-state index contributed by atoms with van der Waals surface area (Å²) in [4.78, 5) is 4.39. The molecule has 2 aromatic carbocycles. The van der Waals surface area contributed by atoms with Crippen molar-refractivity contribution in [1.82, 2.24) is 30.3 Å². The predicted molar refractivity (Wildman–Crippen MR) is 88.0 cm³/mol. The number of hydrogen-bond acceptors (Lipinski definition) is 7. The lowest BCUT2D eigenvalue weighted by atomic mass is 10.1. The Hall–Kier alpha value is -3.55. The first-order valence-electron chi connectivity index (χ1n) is 7.64. The van der Waals surface area contributed by atoms with E-state index in [2.05, 4.69) is 25.7 Å². The molecule has 0 bridgehead atoms. The van der Waals surface area contributed by atoms with Crippen LogP contribution in [0.5, 0.6) is 5.75 Å². The molecule has 4 rings (SSSR count). The van der Waals surface area contributed by atoms with Crippen molar-refractivity contribution in [3.05, 3.63) is 66.2 Å². The molecule has 2 heterocycles. The second kappa shape index (κ2) is 6.52. The summed E-state index contributed by atoms with van der Waals surface area (Å²) in [7, 11) is 0. The van der Waals surface area contributed by atoms with Gasteiger partial charge in [0.1, 0.15) is 12.1 Å². The second-order valence-electron chi connectivity index (χ2n) is 5.37. The zero-order valence-electron chi connectivity index (χ0n) is 13.4. The van der Waals surface area contributed by atoms with E-state index in [9.17, 15) is 0 Å². The van der Waals surface area contributed by atoms with Gasteiger partial charge >= 0.3 is 0 Å². The highest BCUT2D eigenvalue weighted by molar-refractivity contribution is 5.57. The molecule has 0 aliphatic rings. The fourth-order valence-electron chi connectivity index (χ4n) is 2.38. The maximum absolute atomic E-state index is 5.74. The quantitative estimate of drug-likeness (QED) is 0.554. The molecule has 0 fully saturated rings. The third-order valence-electron chi connectivity index (χ3n) is 3.64. The van der Waals surface area contributed by atoms with Gasteiger partial charge < -0.3 is 9.26 Å². The zero-order valence-corrected chi connectivity index (χ0v) is 13.4. The van der Waals surface area contributed by atoms with Crippen LogP contribution in [0.4, 0.5) is 0 Å². The Morgan fingerprint density at radius 1 is 1.12 bits per heavy atom. The zero-order chi connectivity index (χ0) is 17.1. The highest BCUT2D eigenvalue weighted by Crippen LogP contribution is 2.22. The molecule has 0 saturated heterocycles. The average molecular weight is 334 g/mol. The Labute approximate surface area is 143 Å².